The van der Waals surface area contributed by atoms with Crippen LogP contribution in [0.25, 0.3) is 11.1 Å². The lowest BCUT2D eigenvalue weighted by Gasteiger charge is -2.07. The van der Waals surface area contributed by atoms with Crippen molar-refractivity contribution in [1.82, 2.24) is 14.9 Å². The van der Waals surface area contributed by atoms with Crippen LogP contribution in [0.4, 0.5) is 0 Å². The summed E-state index contributed by atoms with van der Waals surface area (Å²) in [5.41, 5.74) is 2.03. The number of nitrogens with zero attached hydrogens (tertiary/aromatic N) is 2. The zero-order chi connectivity index (χ0) is 24.1. The van der Waals surface area contributed by atoms with Gasteiger partial charge in [-0.3, -0.25) is 14.6 Å². The molecule has 3 heterocycles. The van der Waals surface area contributed by atoms with Gasteiger partial charge in [0.15, 0.2) is 11.2 Å². The van der Waals surface area contributed by atoms with Crippen LogP contribution in [0.2, 0.25) is 5.02 Å². The highest BCUT2D eigenvalue weighted by Crippen LogP contribution is 2.18. The fraction of sp³-hybridized carbons (Fsp3) is 0.192. The molecule has 0 fully saturated rings. The maximum absolute atomic E-state index is 12.9. The molecule has 34 heavy (non-hydrogen) atoms. The molecule has 0 saturated carbocycles. The molecule has 1 atom stereocenters. The molecule has 1 unspecified atom stereocenters. The number of hydrogen-bond acceptors (Lipinski definition) is 5. The first-order valence-electron chi connectivity index (χ1n) is 10.6. The van der Waals surface area contributed by atoms with Crippen molar-refractivity contribution in [2.24, 2.45) is 7.05 Å². The van der Waals surface area contributed by atoms with E-state index in [1.807, 2.05) is 12.1 Å². The fourth-order valence-corrected chi connectivity index (χ4v) is 3.61. The van der Waals surface area contributed by atoms with Gasteiger partial charge in [-0.15, -0.1) is 0 Å². The fourth-order valence-electron chi connectivity index (χ4n) is 3.48. The zero-order valence-electron chi connectivity index (χ0n) is 18.4. The monoisotopic (exact) mass is 475 g/mol. The van der Waals surface area contributed by atoms with Crippen molar-refractivity contribution in [3.05, 3.63) is 98.8 Å². The van der Waals surface area contributed by atoms with Crippen LogP contribution < -0.4 is 10.7 Å². The van der Waals surface area contributed by atoms with E-state index < -0.39 is 6.10 Å². The Balaban J connectivity index is 1.46. The highest BCUT2D eigenvalue weighted by atomic mass is 35.5. The SMILES string of the molecule is Cn1cc(CC(=O)NCc2ccc(Cl)cc2)c(=O)c2cc(C#CCC(O)c3cccnc3)oc21. The average Bonchev–Trinajstić information content (AvgIpc) is 3.27. The number of halogens is 1. The van der Waals surface area contributed by atoms with E-state index in [1.54, 1.807) is 60.5 Å². The minimum atomic E-state index is -0.769. The summed E-state index contributed by atoms with van der Waals surface area (Å²) in [6, 6.07) is 12.3. The molecule has 0 aliphatic carbocycles. The Kier molecular flexibility index (Phi) is 7.12. The minimum absolute atomic E-state index is 0.0559. The van der Waals surface area contributed by atoms with Gasteiger partial charge >= 0.3 is 0 Å². The van der Waals surface area contributed by atoms with Gasteiger partial charge in [0.2, 0.25) is 11.6 Å². The van der Waals surface area contributed by atoms with E-state index in [2.05, 4.69) is 22.1 Å². The van der Waals surface area contributed by atoms with Gasteiger partial charge in [0.25, 0.3) is 0 Å². The lowest BCUT2D eigenvalue weighted by Crippen LogP contribution is -2.27. The number of furan rings is 1. The van der Waals surface area contributed by atoms with Crippen LogP contribution in [0.15, 0.2) is 70.3 Å². The molecule has 2 N–H and O–H groups in total. The van der Waals surface area contributed by atoms with Gasteiger partial charge in [-0.05, 0) is 35.2 Å². The van der Waals surface area contributed by atoms with Gasteiger partial charge in [-0.25, -0.2) is 0 Å². The largest absolute Gasteiger partial charge is 0.431 e. The summed E-state index contributed by atoms with van der Waals surface area (Å²) >= 11 is 5.88. The van der Waals surface area contributed by atoms with Crippen LogP contribution in [0.5, 0.6) is 0 Å². The van der Waals surface area contributed by atoms with Gasteiger partial charge in [-0.1, -0.05) is 35.7 Å². The number of aromatic nitrogens is 2. The van der Waals surface area contributed by atoms with E-state index in [-0.39, 0.29) is 24.2 Å². The van der Waals surface area contributed by atoms with Gasteiger partial charge in [-0.2, -0.15) is 0 Å². The number of aliphatic hydroxyl groups is 1. The minimum Gasteiger partial charge on any atom is -0.431 e. The standard InChI is InChI=1S/C26H22ClN3O4/c1-30-16-19(12-24(32)29-14-17-7-9-20(27)10-8-17)25(33)22-13-21(34-26(22)30)5-2-6-23(31)18-4-3-11-28-15-18/h3-4,7-11,13,15-16,23,31H,6,12,14H2,1H3,(H,29,32). The normalized spacial score (nSPS) is 11.6. The lowest BCUT2D eigenvalue weighted by molar-refractivity contribution is -0.120. The third-order valence-corrected chi connectivity index (χ3v) is 5.50. The second-order valence-corrected chi connectivity index (χ2v) is 8.25. The molecular weight excluding hydrogens is 454 g/mol. The summed E-state index contributed by atoms with van der Waals surface area (Å²) in [5.74, 6) is 5.78. The molecular formula is C26H22ClN3O4. The molecule has 4 rings (SSSR count). The summed E-state index contributed by atoms with van der Waals surface area (Å²) in [7, 11) is 1.74. The van der Waals surface area contributed by atoms with Gasteiger partial charge < -0.3 is 19.4 Å². The molecule has 3 aromatic heterocycles. The summed E-state index contributed by atoms with van der Waals surface area (Å²) in [6.45, 7) is 0.342. The van der Waals surface area contributed by atoms with E-state index in [0.29, 0.717) is 39.6 Å². The quantitative estimate of drug-likeness (QED) is 0.416. The van der Waals surface area contributed by atoms with E-state index >= 15 is 0 Å². The smallest absolute Gasteiger partial charge is 0.224 e. The van der Waals surface area contributed by atoms with E-state index in [4.69, 9.17) is 16.0 Å². The number of nitrogens with one attached hydrogen (secondary N) is 1. The van der Waals surface area contributed by atoms with Crippen LogP contribution in [0, 0.1) is 11.8 Å². The predicted molar refractivity (Wildman–Crippen MR) is 129 cm³/mol. The Hall–Kier alpha value is -3.86. The number of carbonyl (C=O) groups excluding carboxylic acids is 1. The summed E-state index contributed by atoms with van der Waals surface area (Å²) in [5, 5.41) is 14.0. The second-order valence-electron chi connectivity index (χ2n) is 7.81. The number of benzene rings is 1. The Bertz CT molecular complexity index is 1430. The Labute approximate surface area is 201 Å². The molecule has 0 spiro atoms. The maximum atomic E-state index is 12.9. The van der Waals surface area contributed by atoms with Crippen LogP contribution in [0.3, 0.4) is 0 Å². The van der Waals surface area contributed by atoms with Gasteiger partial charge in [0.1, 0.15) is 0 Å². The summed E-state index contributed by atoms with van der Waals surface area (Å²) in [4.78, 5) is 29.3. The highest BCUT2D eigenvalue weighted by Gasteiger charge is 2.15. The second kappa shape index (κ2) is 10.4. The Morgan fingerprint density at radius 1 is 1.29 bits per heavy atom. The van der Waals surface area contributed by atoms with Crippen molar-refractivity contribution in [3.63, 3.8) is 0 Å². The number of hydrogen-bond donors (Lipinski definition) is 2. The third-order valence-electron chi connectivity index (χ3n) is 5.25. The van der Waals surface area contributed by atoms with E-state index in [9.17, 15) is 14.7 Å². The van der Waals surface area contributed by atoms with Crippen molar-refractivity contribution < 1.29 is 14.3 Å². The molecule has 0 saturated heterocycles. The molecule has 0 aliphatic rings. The summed E-state index contributed by atoms with van der Waals surface area (Å²) in [6.07, 6.45) is 4.19. The Morgan fingerprint density at radius 2 is 2.09 bits per heavy atom. The number of carbonyl (C=O) groups is 1. The van der Waals surface area contributed by atoms with Crippen molar-refractivity contribution in [2.45, 2.75) is 25.5 Å². The molecule has 1 aromatic carbocycles. The molecule has 172 valence electrons. The molecule has 0 aliphatic heterocycles. The molecule has 4 aromatic rings. The summed E-state index contributed by atoms with van der Waals surface area (Å²) < 4.78 is 7.39. The number of aryl methyl sites for hydroxylation is 1. The highest BCUT2D eigenvalue weighted by molar-refractivity contribution is 6.30. The number of amides is 1. The number of pyridine rings is 2. The van der Waals surface area contributed by atoms with Crippen molar-refractivity contribution in [3.8, 4) is 11.8 Å². The van der Waals surface area contributed by atoms with Crippen LogP contribution in [-0.2, 0) is 24.8 Å². The lowest BCUT2D eigenvalue weighted by atomic mass is 10.1. The molecule has 8 heteroatoms. The zero-order valence-corrected chi connectivity index (χ0v) is 19.2. The maximum Gasteiger partial charge on any atom is 0.224 e. The number of fused-ring (bicyclic) bond motifs is 1. The van der Waals surface area contributed by atoms with Crippen LogP contribution >= 0.6 is 11.6 Å². The number of rotatable bonds is 6. The average molecular weight is 476 g/mol. The topological polar surface area (TPSA) is 97.4 Å². The van der Waals surface area contributed by atoms with Crippen molar-refractivity contribution >= 4 is 28.6 Å². The molecule has 0 bridgehead atoms. The number of aliphatic hydroxyl groups excluding tert-OH is 1. The van der Waals surface area contributed by atoms with E-state index in [0.717, 1.165) is 5.56 Å². The first-order chi connectivity index (χ1) is 16.4. The van der Waals surface area contributed by atoms with Crippen LogP contribution in [-0.4, -0.2) is 20.6 Å². The van der Waals surface area contributed by atoms with Crippen molar-refractivity contribution in [1.29, 1.82) is 0 Å². The van der Waals surface area contributed by atoms with Gasteiger partial charge in [0.05, 0.1) is 17.9 Å². The van der Waals surface area contributed by atoms with E-state index in [1.165, 1.54) is 0 Å². The molecule has 7 nitrogen and oxygen atoms in total. The Morgan fingerprint density at radius 3 is 2.82 bits per heavy atom. The molecule has 0 radical (unpaired) electrons. The van der Waals surface area contributed by atoms with Crippen LogP contribution in [0.1, 0.15) is 35.0 Å². The van der Waals surface area contributed by atoms with Gasteiger partial charge in [0, 0.05) is 55.3 Å². The predicted octanol–water partition coefficient (Wildman–Crippen LogP) is 3.51. The van der Waals surface area contributed by atoms with Crippen molar-refractivity contribution in [2.75, 3.05) is 0 Å². The first-order valence-corrected chi connectivity index (χ1v) is 11.0. The first kappa shape index (κ1) is 23.3. The molecule has 1 amide bonds. The third kappa shape index (κ3) is 5.54.